The molecular weight excluding hydrogens is 276 g/mol. The van der Waals surface area contributed by atoms with E-state index in [-0.39, 0.29) is 11.5 Å². The second-order valence-corrected chi connectivity index (χ2v) is 8.08. The highest BCUT2D eigenvalue weighted by molar-refractivity contribution is 6.35. The van der Waals surface area contributed by atoms with E-state index in [1.807, 2.05) is 0 Å². The van der Waals surface area contributed by atoms with Crippen molar-refractivity contribution in [3.8, 4) is 0 Å². The maximum atomic E-state index is 12.1. The lowest BCUT2D eigenvalue weighted by Gasteiger charge is -2.59. The molecule has 22 heavy (non-hydrogen) atoms. The Labute approximate surface area is 133 Å². The summed E-state index contributed by atoms with van der Waals surface area (Å²) < 4.78 is 0. The fourth-order valence-corrected chi connectivity index (χ4v) is 5.58. The first kappa shape index (κ1) is 15.8. The van der Waals surface area contributed by atoms with Gasteiger partial charge < -0.3 is 10.6 Å². The average molecular weight is 306 g/mol. The van der Waals surface area contributed by atoms with E-state index in [1.54, 1.807) is 0 Å². The van der Waals surface area contributed by atoms with Crippen LogP contribution in [0.2, 0.25) is 0 Å². The van der Waals surface area contributed by atoms with Crippen LogP contribution >= 0.6 is 0 Å². The summed E-state index contributed by atoms with van der Waals surface area (Å²) in [5.41, 5.74) is 0.258. The van der Waals surface area contributed by atoms with Gasteiger partial charge in [0.25, 0.3) is 0 Å². The molecule has 4 fully saturated rings. The molecule has 4 nitrogen and oxygen atoms in total. The third-order valence-electron chi connectivity index (χ3n) is 6.37. The molecule has 0 aromatic heterocycles. The molecule has 4 aliphatic carbocycles. The van der Waals surface area contributed by atoms with Crippen molar-refractivity contribution in [3.63, 3.8) is 0 Å². The van der Waals surface area contributed by atoms with E-state index < -0.39 is 11.8 Å². The number of unbranched alkanes of at least 4 members (excludes halogenated alkanes) is 1. The summed E-state index contributed by atoms with van der Waals surface area (Å²) in [5.74, 6) is 1.68. The molecule has 1 unspecified atom stereocenters. The summed E-state index contributed by atoms with van der Waals surface area (Å²) in [4.78, 5) is 24.0. The van der Waals surface area contributed by atoms with Gasteiger partial charge in [0, 0.05) is 12.6 Å². The molecule has 4 heteroatoms. The van der Waals surface area contributed by atoms with Crippen LogP contribution < -0.4 is 10.6 Å². The Balaban J connectivity index is 1.56. The van der Waals surface area contributed by atoms with Gasteiger partial charge in [0.2, 0.25) is 0 Å². The Bertz CT molecular complexity index is 411. The van der Waals surface area contributed by atoms with Gasteiger partial charge in [-0.15, -0.1) is 0 Å². The number of hydrogen-bond acceptors (Lipinski definition) is 2. The molecule has 0 aliphatic heterocycles. The van der Waals surface area contributed by atoms with Crippen molar-refractivity contribution in [2.75, 3.05) is 6.54 Å². The van der Waals surface area contributed by atoms with E-state index in [1.165, 1.54) is 38.5 Å². The molecule has 1 atom stereocenters. The molecule has 0 aromatic rings. The molecule has 2 N–H and O–H groups in total. The summed E-state index contributed by atoms with van der Waals surface area (Å²) in [7, 11) is 0. The van der Waals surface area contributed by atoms with Crippen molar-refractivity contribution in [2.24, 2.45) is 23.2 Å². The van der Waals surface area contributed by atoms with Crippen LogP contribution in [0.4, 0.5) is 0 Å². The highest BCUT2D eigenvalue weighted by Crippen LogP contribution is 2.61. The maximum absolute atomic E-state index is 12.1. The minimum atomic E-state index is -0.468. The number of amides is 2. The average Bonchev–Trinajstić information content (AvgIpc) is 2.45. The summed E-state index contributed by atoms with van der Waals surface area (Å²) in [5, 5.41) is 5.72. The lowest BCUT2D eigenvalue weighted by atomic mass is 9.48. The van der Waals surface area contributed by atoms with Gasteiger partial charge in [0.05, 0.1) is 0 Å². The van der Waals surface area contributed by atoms with Crippen LogP contribution in [0.5, 0.6) is 0 Å². The Hall–Kier alpha value is -1.06. The van der Waals surface area contributed by atoms with Crippen molar-refractivity contribution < 1.29 is 9.59 Å². The Kier molecular flexibility index (Phi) is 4.47. The van der Waals surface area contributed by atoms with Gasteiger partial charge in [0.15, 0.2) is 0 Å². The van der Waals surface area contributed by atoms with Gasteiger partial charge in [-0.1, -0.05) is 13.3 Å². The van der Waals surface area contributed by atoms with Gasteiger partial charge in [-0.3, -0.25) is 9.59 Å². The van der Waals surface area contributed by atoms with Gasteiger partial charge >= 0.3 is 11.8 Å². The van der Waals surface area contributed by atoms with Gasteiger partial charge in [-0.25, -0.2) is 0 Å². The third-order valence-corrected chi connectivity index (χ3v) is 6.37. The second-order valence-electron chi connectivity index (χ2n) is 8.08. The molecule has 0 saturated heterocycles. The van der Waals surface area contributed by atoms with Crippen molar-refractivity contribution in [2.45, 2.75) is 71.3 Å². The van der Waals surface area contributed by atoms with Crippen molar-refractivity contribution in [1.29, 1.82) is 0 Å². The van der Waals surface area contributed by atoms with E-state index >= 15 is 0 Å². The molecular formula is C18H30N2O2. The predicted octanol–water partition coefficient (Wildman–Crippen LogP) is 2.62. The lowest BCUT2D eigenvalue weighted by molar-refractivity contribution is -0.141. The van der Waals surface area contributed by atoms with E-state index in [4.69, 9.17) is 0 Å². The smallest absolute Gasteiger partial charge is 0.309 e. The van der Waals surface area contributed by atoms with Crippen LogP contribution in [0.15, 0.2) is 0 Å². The van der Waals surface area contributed by atoms with Crippen LogP contribution in [0, 0.1) is 23.2 Å². The molecule has 4 bridgehead atoms. The van der Waals surface area contributed by atoms with Crippen LogP contribution in [-0.2, 0) is 9.59 Å². The maximum Gasteiger partial charge on any atom is 0.309 e. The fourth-order valence-electron chi connectivity index (χ4n) is 5.58. The first-order chi connectivity index (χ1) is 10.5. The topological polar surface area (TPSA) is 58.2 Å². The number of carbonyl (C=O) groups is 2. The minimum Gasteiger partial charge on any atom is -0.348 e. The summed E-state index contributed by atoms with van der Waals surface area (Å²) in [6.45, 7) is 4.78. The molecule has 124 valence electrons. The van der Waals surface area contributed by atoms with E-state index in [2.05, 4.69) is 24.5 Å². The van der Waals surface area contributed by atoms with Crippen LogP contribution in [-0.4, -0.2) is 24.4 Å². The number of nitrogens with one attached hydrogen (secondary N) is 2. The Morgan fingerprint density at radius 3 is 2.09 bits per heavy atom. The van der Waals surface area contributed by atoms with Crippen LogP contribution in [0.3, 0.4) is 0 Å². The minimum absolute atomic E-state index is 0.116. The van der Waals surface area contributed by atoms with Crippen molar-refractivity contribution >= 4 is 11.8 Å². The van der Waals surface area contributed by atoms with Crippen LogP contribution in [0.25, 0.3) is 0 Å². The van der Waals surface area contributed by atoms with E-state index in [0.29, 0.717) is 6.54 Å². The summed E-state index contributed by atoms with van der Waals surface area (Å²) in [6, 6.07) is 0.116. The molecule has 4 saturated carbocycles. The quantitative estimate of drug-likeness (QED) is 0.606. The zero-order valence-corrected chi connectivity index (χ0v) is 14.0. The molecule has 0 spiro atoms. The SMILES string of the molecule is CCCCNC(=O)C(=O)NC(C)C12CC3CC(CC(C3)C1)C2. The first-order valence-corrected chi connectivity index (χ1v) is 9.11. The lowest BCUT2D eigenvalue weighted by Crippen LogP contribution is -2.57. The third kappa shape index (κ3) is 3.02. The van der Waals surface area contributed by atoms with Gasteiger partial charge in [0.1, 0.15) is 0 Å². The molecule has 0 heterocycles. The molecule has 4 rings (SSSR count). The van der Waals surface area contributed by atoms with Gasteiger partial charge in [-0.05, 0) is 75.0 Å². The van der Waals surface area contributed by atoms with Crippen molar-refractivity contribution in [1.82, 2.24) is 10.6 Å². The predicted molar refractivity (Wildman–Crippen MR) is 86.1 cm³/mol. The van der Waals surface area contributed by atoms with Crippen LogP contribution in [0.1, 0.15) is 65.2 Å². The normalized spacial score (nSPS) is 36.9. The molecule has 2 amide bonds. The number of carbonyl (C=O) groups excluding carboxylic acids is 2. The van der Waals surface area contributed by atoms with E-state index in [0.717, 1.165) is 30.6 Å². The Morgan fingerprint density at radius 1 is 1.05 bits per heavy atom. The molecule has 0 radical (unpaired) electrons. The van der Waals surface area contributed by atoms with Gasteiger partial charge in [-0.2, -0.15) is 0 Å². The monoisotopic (exact) mass is 306 g/mol. The van der Waals surface area contributed by atoms with E-state index in [9.17, 15) is 9.59 Å². The largest absolute Gasteiger partial charge is 0.348 e. The first-order valence-electron chi connectivity index (χ1n) is 9.11. The standard InChI is InChI=1S/C18H30N2O2/c1-3-4-5-19-16(21)17(22)20-12(2)18-9-13-6-14(10-18)8-15(7-13)11-18/h12-15H,3-11H2,1-2H3,(H,19,21)(H,20,22). The number of rotatable bonds is 5. The zero-order valence-electron chi connectivity index (χ0n) is 14.0. The highest BCUT2D eigenvalue weighted by Gasteiger charge is 2.53. The highest BCUT2D eigenvalue weighted by atomic mass is 16.2. The zero-order chi connectivity index (χ0) is 15.7. The number of hydrogen-bond donors (Lipinski definition) is 2. The summed E-state index contributed by atoms with van der Waals surface area (Å²) in [6.07, 6.45) is 9.88. The Morgan fingerprint density at radius 2 is 1.59 bits per heavy atom. The molecule has 4 aliphatic rings. The summed E-state index contributed by atoms with van der Waals surface area (Å²) >= 11 is 0. The van der Waals surface area contributed by atoms with Crippen molar-refractivity contribution in [3.05, 3.63) is 0 Å². The fraction of sp³-hybridized carbons (Fsp3) is 0.889. The second kappa shape index (κ2) is 6.21. The molecule has 0 aromatic carbocycles.